The van der Waals surface area contributed by atoms with E-state index >= 15 is 0 Å². The highest BCUT2D eigenvalue weighted by atomic mass is 16.2. The van der Waals surface area contributed by atoms with Crippen LogP contribution in [0.2, 0.25) is 0 Å². The number of carbonyl (C=O) groups excluding carboxylic acids is 2. The number of H-pyrrole nitrogens is 1. The molecule has 7 nitrogen and oxygen atoms in total. The summed E-state index contributed by atoms with van der Waals surface area (Å²) < 4.78 is 1.45. The van der Waals surface area contributed by atoms with Gasteiger partial charge in [0.1, 0.15) is 5.69 Å². The van der Waals surface area contributed by atoms with Crippen LogP contribution in [-0.4, -0.2) is 34.0 Å². The van der Waals surface area contributed by atoms with Crippen LogP contribution in [0.5, 0.6) is 0 Å². The average molecular weight is 392 g/mol. The van der Waals surface area contributed by atoms with Crippen LogP contribution in [0.1, 0.15) is 40.1 Å². The molecule has 0 saturated heterocycles. The van der Waals surface area contributed by atoms with Crippen LogP contribution in [0.4, 0.5) is 0 Å². The molecule has 0 bridgehead atoms. The van der Waals surface area contributed by atoms with E-state index in [0.717, 1.165) is 19.3 Å². The molecule has 2 heterocycles. The third-order valence-electron chi connectivity index (χ3n) is 5.59. The van der Waals surface area contributed by atoms with Gasteiger partial charge in [0, 0.05) is 42.8 Å². The Morgan fingerprint density at radius 1 is 1.10 bits per heavy atom. The molecule has 1 aliphatic rings. The van der Waals surface area contributed by atoms with Crippen LogP contribution < -0.4 is 16.2 Å². The fourth-order valence-electron chi connectivity index (χ4n) is 3.91. The minimum atomic E-state index is -0.153. The first kappa shape index (κ1) is 19.0. The lowest BCUT2D eigenvalue weighted by Crippen LogP contribution is -2.45. The lowest BCUT2D eigenvalue weighted by atomic mass is 9.78. The molecule has 0 atom stereocenters. The van der Waals surface area contributed by atoms with Gasteiger partial charge in [0.15, 0.2) is 0 Å². The van der Waals surface area contributed by atoms with Crippen LogP contribution in [0.3, 0.4) is 0 Å². The number of nitrogens with zero attached hydrogens (tertiary/aromatic N) is 1. The van der Waals surface area contributed by atoms with Gasteiger partial charge in [-0.15, -0.1) is 0 Å². The summed E-state index contributed by atoms with van der Waals surface area (Å²) in [5, 5.41) is 7.21. The fourth-order valence-corrected chi connectivity index (χ4v) is 3.91. The van der Waals surface area contributed by atoms with Crippen molar-refractivity contribution >= 4 is 22.6 Å². The largest absolute Gasteiger partial charge is 0.357 e. The van der Waals surface area contributed by atoms with E-state index in [9.17, 15) is 14.4 Å². The lowest BCUT2D eigenvalue weighted by molar-refractivity contribution is 0.0885. The first-order chi connectivity index (χ1) is 14.0. The number of aromatic nitrogens is 2. The third-order valence-corrected chi connectivity index (χ3v) is 5.59. The van der Waals surface area contributed by atoms with Gasteiger partial charge >= 0.3 is 0 Å². The molecule has 29 heavy (non-hydrogen) atoms. The molecule has 4 rings (SSSR count). The smallest absolute Gasteiger partial charge is 0.267 e. The van der Waals surface area contributed by atoms with E-state index in [1.165, 1.54) is 4.57 Å². The summed E-state index contributed by atoms with van der Waals surface area (Å²) in [7, 11) is 1.66. The maximum Gasteiger partial charge on any atom is 0.267 e. The van der Waals surface area contributed by atoms with Crippen molar-refractivity contribution in [3.8, 4) is 0 Å². The molecule has 1 saturated carbocycles. The van der Waals surface area contributed by atoms with Crippen molar-refractivity contribution in [2.24, 2.45) is 13.0 Å². The van der Waals surface area contributed by atoms with Crippen LogP contribution in [-0.2, 0) is 7.05 Å². The number of aryl methyl sites for hydroxylation is 1. The Morgan fingerprint density at radius 2 is 1.86 bits per heavy atom. The average Bonchev–Trinajstić information content (AvgIpc) is 3.23. The Labute approximate surface area is 168 Å². The van der Waals surface area contributed by atoms with Crippen molar-refractivity contribution in [3.63, 3.8) is 0 Å². The molecule has 0 unspecified atom stereocenters. The van der Waals surface area contributed by atoms with Crippen molar-refractivity contribution in [2.45, 2.75) is 25.3 Å². The molecule has 0 radical (unpaired) electrons. The second-order valence-corrected chi connectivity index (χ2v) is 7.64. The van der Waals surface area contributed by atoms with Gasteiger partial charge in [-0.3, -0.25) is 14.4 Å². The number of aromatic amines is 1. The maximum atomic E-state index is 12.8. The summed E-state index contributed by atoms with van der Waals surface area (Å²) in [5.41, 5.74) is 0.972. The summed E-state index contributed by atoms with van der Waals surface area (Å²) in [6.45, 7) is 0.620. The van der Waals surface area contributed by atoms with E-state index in [-0.39, 0.29) is 23.4 Å². The number of nitrogens with one attached hydrogen (secondary N) is 3. The molecular weight excluding hydrogens is 368 g/mol. The number of benzene rings is 1. The zero-order chi connectivity index (χ0) is 20.4. The zero-order valence-electron chi connectivity index (χ0n) is 16.3. The highest BCUT2D eigenvalue weighted by Crippen LogP contribution is 2.30. The maximum absolute atomic E-state index is 12.8. The number of carbonyl (C=O) groups is 2. The van der Waals surface area contributed by atoms with Crippen molar-refractivity contribution in [1.82, 2.24) is 20.2 Å². The Bertz CT molecular complexity index is 1090. The predicted molar refractivity (Wildman–Crippen MR) is 111 cm³/mol. The molecule has 3 N–H and O–H groups in total. The first-order valence-corrected chi connectivity index (χ1v) is 9.83. The molecule has 3 aromatic rings. The molecule has 150 valence electrons. The first-order valence-electron chi connectivity index (χ1n) is 9.83. The van der Waals surface area contributed by atoms with Gasteiger partial charge in [-0.1, -0.05) is 18.2 Å². The molecule has 2 amide bonds. The Balaban J connectivity index is 1.29. The van der Waals surface area contributed by atoms with Crippen molar-refractivity contribution in [3.05, 3.63) is 70.4 Å². The predicted octanol–water partition coefficient (Wildman–Crippen LogP) is 2.20. The minimum Gasteiger partial charge on any atom is -0.357 e. The van der Waals surface area contributed by atoms with Gasteiger partial charge in [0.25, 0.3) is 17.4 Å². The standard InChI is InChI=1S/C22H24N4O3/c1-26-13-18(16-5-2-3-6-17(16)22(26)29)20(27)25-15-11-14(12-15)8-10-24-21(28)19-7-4-9-23-19/h2-7,9,13-15,23H,8,10-12H2,1H3,(H,24,28)(H,25,27). The molecule has 1 aromatic carbocycles. The van der Waals surface area contributed by atoms with E-state index in [1.807, 2.05) is 12.1 Å². The number of fused-ring (bicyclic) bond motifs is 1. The van der Waals surface area contributed by atoms with Gasteiger partial charge in [-0.05, 0) is 43.4 Å². The summed E-state index contributed by atoms with van der Waals surface area (Å²) in [6, 6.07) is 10.9. The van der Waals surface area contributed by atoms with Crippen molar-refractivity contribution in [2.75, 3.05) is 6.54 Å². The number of amides is 2. The molecule has 0 spiro atoms. The number of rotatable bonds is 6. The van der Waals surface area contributed by atoms with Gasteiger partial charge in [-0.2, -0.15) is 0 Å². The number of hydrogen-bond acceptors (Lipinski definition) is 3. The Morgan fingerprint density at radius 3 is 2.59 bits per heavy atom. The number of pyridine rings is 1. The minimum absolute atomic E-state index is 0.0965. The monoisotopic (exact) mass is 392 g/mol. The van der Waals surface area contributed by atoms with E-state index in [4.69, 9.17) is 0 Å². The molecular formula is C22H24N4O3. The molecule has 2 aromatic heterocycles. The van der Waals surface area contributed by atoms with Gasteiger partial charge in [-0.25, -0.2) is 0 Å². The van der Waals surface area contributed by atoms with Gasteiger partial charge in [0.2, 0.25) is 0 Å². The van der Waals surface area contributed by atoms with Gasteiger partial charge < -0.3 is 20.2 Å². The summed E-state index contributed by atoms with van der Waals surface area (Å²) in [5.74, 6) is 0.238. The lowest BCUT2D eigenvalue weighted by Gasteiger charge is -2.36. The quantitative estimate of drug-likeness (QED) is 0.600. The van der Waals surface area contributed by atoms with E-state index in [1.54, 1.807) is 43.7 Å². The van der Waals surface area contributed by atoms with Crippen LogP contribution in [0.15, 0.2) is 53.6 Å². The van der Waals surface area contributed by atoms with Crippen molar-refractivity contribution in [1.29, 1.82) is 0 Å². The molecule has 1 aliphatic carbocycles. The SMILES string of the molecule is Cn1cc(C(=O)NC2CC(CCNC(=O)c3ccc[nH]3)C2)c2ccccc2c1=O. The van der Waals surface area contributed by atoms with Gasteiger partial charge in [0.05, 0.1) is 5.56 Å². The second-order valence-electron chi connectivity index (χ2n) is 7.64. The fraction of sp³-hybridized carbons (Fsp3) is 0.318. The Hall–Kier alpha value is -3.35. The van der Waals surface area contributed by atoms with E-state index in [2.05, 4.69) is 15.6 Å². The highest BCUT2D eigenvalue weighted by Gasteiger charge is 2.30. The van der Waals surface area contributed by atoms with Crippen molar-refractivity contribution < 1.29 is 9.59 Å². The van der Waals surface area contributed by atoms with Crippen LogP contribution >= 0.6 is 0 Å². The van der Waals surface area contributed by atoms with E-state index in [0.29, 0.717) is 34.5 Å². The summed E-state index contributed by atoms with van der Waals surface area (Å²) in [6.07, 6.45) is 6.01. The number of hydrogen-bond donors (Lipinski definition) is 3. The van der Waals surface area contributed by atoms with E-state index < -0.39 is 0 Å². The normalized spacial score (nSPS) is 18.2. The summed E-state index contributed by atoms with van der Waals surface area (Å²) >= 11 is 0. The van der Waals surface area contributed by atoms with Crippen LogP contribution in [0.25, 0.3) is 10.8 Å². The molecule has 1 fully saturated rings. The second kappa shape index (κ2) is 7.95. The highest BCUT2D eigenvalue weighted by molar-refractivity contribution is 6.06. The third kappa shape index (κ3) is 3.94. The van der Waals surface area contributed by atoms with Crippen LogP contribution in [0, 0.1) is 5.92 Å². The molecule has 7 heteroatoms. The zero-order valence-corrected chi connectivity index (χ0v) is 16.3. The Kier molecular flexibility index (Phi) is 5.20. The topological polar surface area (TPSA) is 96.0 Å². The summed E-state index contributed by atoms with van der Waals surface area (Å²) in [4.78, 5) is 39.8. The molecule has 0 aliphatic heterocycles.